The molecule has 2 amide bonds. The Morgan fingerprint density at radius 2 is 1.74 bits per heavy atom. The van der Waals surface area contributed by atoms with Crippen LogP contribution in [0.15, 0.2) is 24.5 Å². The summed E-state index contributed by atoms with van der Waals surface area (Å²) in [5.41, 5.74) is 1.21. The molecule has 2 saturated carbocycles. The summed E-state index contributed by atoms with van der Waals surface area (Å²) in [6.07, 6.45) is 1.78. The minimum absolute atomic E-state index is 0.0518. The molecule has 2 aliphatic carbocycles. The van der Waals surface area contributed by atoms with Gasteiger partial charge in [-0.15, -0.1) is 0 Å². The van der Waals surface area contributed by atoms with Gasteiger partial charge in [-0.1, -0.05) is 0 Å². The third kappa shape index (κ3) is 5.61. The first-order valence-corrected chi connectivity index (χ1v) is 12.9. The smallest absolute Gasteiger partial charge is 0.416 e. The summed E-state index contributed by atoms with van der Waals surface area (Å²) < 4.78 is 46.6. The van der Waals surface area contributed by atoms with Gasteiger partial charge >= 0.3 is 6.18 Å². The molecule has 0 unspecified atom stereocenters. The van der Waals surface area contributed by atoms with Crippen LogP contribution in [0.1, 0.15) is 67.1 Å². The summed E-state index contributed by atoms with van der Waals surface area (Å²) in [4.78, 5) is 36.4. The average Bonchev–Trinajstić information content (AvgIpc) is 3.62. The first-order chi connectivity index (χ1) is 18.1. The van der Waals surface area contributed by atoms with E-state index in [0.29, 0.717) is 40.6 Å². The summed E-state index contributed by atoms with van der Waals surface area (Å²) in [6.45, 7) is 3.64. The van der Waals surface area contributed by atoms with E-state index in [1.807, 2.05) is 0 Å². The number of nitrogens with one attached hydrogen (secondary N) is 3. The number of carbonyl (C=O) groups is 2. The van der Waals surface area contributed by atoms with E-state index in [1.54, 1.807) is 6.92 Å². The predicted octanol–water partition coefficient (Wildman–Crippen LogP) is 4.92. The minimum atomic E-state index is -4.54. The maximum absolute atomic E-state index is 13.6. The molecular weight excluding hydrogens is 499 g/mol. The van der Waals surface area contributed by atoms with E-state index in [1.165, 1.54) is 19.3 Å². The molecule has 2 aromatic heterocycles. The van der Waals surface area contributed by atoms with Crippen LogP contribution >= 0.6 is 0 Å². The third-order valence-corrected chi connectivity index (χ3v) is 7.20. The number of aromatic nitrogens is 3. The Bertz CT molecular complexity index is 1360. The Morgan fingerprint density at radius 1 is 1.05 bits per heavy atom. The number of amides is 2. The zero-order valence-electron chi connectivity index (χ0n) is 21.2. The zero-order chi connectivity index (χ0) is 27.0. The molecule has 2 heterocycles. The molecule has 202 valence electrons. The van der Waals surface area contributed by atoms with Crippen LogP contribution in [-0.4, -0.2) is 45.5 Å². The van der Waals surface area contributed by atoms with Crippen molar-refractivity contribution in [2.75, 3.05) is 6.61 Å². The lowest BCUT2D eigenvalue weighted by molar-refractivity contribution is -0.137. The number of fused-ring (bicyclic) bond motifs is 1. The Morgan fingerprint density at radius 3 is 2.37 bits per heavy atom. The van der Waals surface area contributed by atoms with Crippen LogP contribution in [0.25, 0.3) is 22.3 Å². The van der Waals surface area contributed by atoms with Crippen molar-refractivity contribution < 1.29 is 27.5 Å². The van der Waals surface area contributed by atoms with E-state index in [4.69, 9.17) is 4.74 Å². The Kier molecular flexibility index (Phi) is 7.02. The lowest BCUT2D eigenvalue weighted by atomic mass is 9.91. The van der Waals surface area contributed by atoms with Crippen molar-refractivity contribution >= 4 is 22.8 Å². The summed E-state index contributed by atoms with van der Waals surface area (Å²) >= 11 is 0. The fraction of sp³-hybridized carbons (Fsp3) is 0.481. The molecule has 5 rings (SSSR count). The molecule has 0 saturated heterocycles. The SMILES string of the molecule is CC(=O)N[C@H]1CC[C@H](NC(=O)c2c(C)[nH]c3c(-c4cc(C(F)(F)F)ccc4OCC4CC4)ncnc23)CC1. The van der Waals surface area contributed by atoms with E-state index < -0.39 is 11.7 Å². The number of rotatable bonds is 7. The summed E-state index contributed by atoms with van der Waals surface area (Å²) in [7, 11) is 0. The van der Waals surface area contributed by atoms with Gasteiger partial charge in [0.25, 0.3) is 5.91 Å². The molecule has 3 N–H and O–H groups in total. The molecule has 11 heteroatoms. The number of H-pyrrole nitrogens is 1. The maximum atomic E-state index is 13.6. The highest BCUT2D eigenvalue weighted by Gasteiger charge is 2.33. The van der Waals surface area contributed by atoms with Crippen molar-refractivity contribution in [1.29, 1.82) is 0 Å². The van der Waals surface area contributed by atoms with Crippen LogP contribution in [-0.2, 0) is 11.0 Å². The van der Waals surface area contributed by atoms with E-state index in [-0.39, 0.29) is 35.2 Å². The van der Waals surface area contributed by atoms with E-state index >= 15 is 0 Å². The number of alkyl halides is 3. The van der Waals surface area contributed by atoms with Crippen molar-refractivity contribution in [3.63, 3.8) is 0 Å². The van der Waals surface area contributed by atoms with Crippen LogP contribution in [0, 0.1) is 12.8 Å². The molecule has 38 heavy (non-hydrogen) atoms. The van der Waals surface area contributed by atoms with E-state index in [9.17, 15) is 22.8 Å². The van der Waals surface area contributed by atoms with Gasteiger partial charge in [0, 0.05) is 30.3 Å². The maximum Gasteiger partial charge on any atom is 0.416 e. The highest BCUT2D eigenvalue weighted by molar-refractivity contribution is 6.09. The molecular formula is C27H30F3N5O3. The number of aryl methyl sites for hydroxylation is 1. The van der Waals surface area contributed by atoms with Gasteiger partial charge in [0.2, 0.25) is 5.91 Å². The monoisotopic (exact) mass is 529 g/mol. The third-order valence-electron chi connectivity index (χ3n) is 7.20. The molecule has 1 aromatic carbocycles. The van der Waals surface area contributed by atoms with Crippen LogP contribution in [0.4, 0.5) is 13.2 Å². The second-order valence-electron chi connectivity index (χ2n) is 10.3. The molecule has 0 radical (unpaired) electrons. The molecule has 2 aliphatic rings. The molecule has 0 atom stereocenters. The van der Waals surface area contributed by atoms with Crippen molar-refractivity contribution in [3.8, 4) is 17.0 Å². The predicted molar refractivity (Wildman–Crippen MR) is 135 cm³/mol. The second-order valence-corrected chi connectivity index (χ2v) is 10.3. The minimum Gasteiger partial charge on any atom is -0.493 e. The van der Waals surface area contributed by atoms with Gasteiger partial charge in [0.1, 0.15) is 23.3 Å². The quantitative estimate of drug-likeness (QED) is 0.403. The lowest BCUT2D eigenvalue weighted by Gasteiger charge is -2.29. The standard InChI is InChI=1S/C27H30F3N5O3/c1-14-22(26(37)35-19-8-6-18(7-9-19)34-15(2)36)24-25(33-14)23(31-13-32-24)20-11-17(27(28,29)30)5-10-21(20)38-12-16-3-4-16/h5,10-11,13,16,18-19,33H,3-4,6-9,12H2,1-2H3,(H,34,36)(H,35,37)/t18-,19-. The van der Waals surface area contributed by atoms with Gasteiger partial charge in [-0.25, -0.2) is 9.97 Å². The number of ether oxygens (including phenoxy) is 1. The van der Waals surface area contributed by atoms with Crippen molar-refractivity contribution in [2.24, 2.45) is 5.92 Å². The van der Waals surface area contributed by atoms with Gasteiger partial charge in [0.05, 0.1) is 23.3 Å². The van der Waals surface area contributed by atoms with Gasteiger partial charge in [-0.3, -0.25) is 9.59 Å². The summed E-state index contributed by atoms with van der Waals surface area (Å²) in [5.74, 6) is 0.339. The molecule has 2 fully saturated rings. The number of halogens is 3. The molecule has 0 aliphatic heterocycles. The first kappa shape index (κ1) is 26.0. The van der Waals surface area contributed by atoms with Crippen LogP contribution in [0.3, 0.4) is 0 Å². The Labute approximate surface area is 217 Å². The number of carbonyl (C=O) groups excluding carboxylic acids is 2. The van der Waals surface area contributed by atoms with Gasteiger partial charge in [-0.2, -0.15) is 13.2 Å². The van der Waals surface area contributed by atoms with Gasteiger partial charge < -0.3 is 20.4 Å². The Hall–Kier alpha value is -3.63. The van der Waals surface area contributed by atoms with Crippen molar-refractivity contribution in [1.82, 2.24) is 25.6 Å². The van der Waals surface area contributed by atoms with Crippen molar-refractivity contribution in [3.05, 3.63) is 41.3 Å². The first-order valence-electron chi connectivity index (χ1n) is 12.9. The summed E-state index contributed by atoms with van der Waals surface area (Å²) in [6, 6.07) is 3.42. The van der Waals surface area contributed by atoms with E-state index in [0.717, 1.165) is 50.7 Å². The van der Waals surface area contributed by atoms with E-state index in [2.05, 4.69) is 25.6 Å². The number of aromatic amines is 1. The summed E-state index contributed by atoms with van der Waals surface area (Å²) in [5, 5.41) is 5.98. The molecule has 3 aromatic rings. The Balaban J connectivity index is 1.44. The fourth-order valence-electron chi connectivity index (χ4n) is 5.04. The second kappa shape index (κ2) is 10.3. The highest BCUT2D eigenvalue weighted by atomic mass is 19.4. The highest BCUT2D eigenvalue weighted by Crippen LogP contribution is 2.40. The normalized spacial score (nSPS) is 19.8. The zero-order valence-corrected chi connectivity index (χ0v) is 21.2. The topological polar surface area (TPSA) is 109 Å². The van der Waals surface area contributed by atoms with Crippen LogP contribution in [0.2, 0.25) is 0 Å². The van der Waals surface area contributed by atoms with Gasteiger partial charge in [-0.05, 0) is 69.6 Å². The fourth-order valence-corrected chi connectivity index (χ4v) is 5.04. The van der Waals surface area contributed by atoms with Crippen LogP contribution < -0.4 is 15.4 Å². The number of hydrogen-bond acceptors (Lipinski definition) is 5. The molecule has 0 bridgehead atoms. The lowest BCUT2D eigenvalue weighted by Crippen LogP contribution is -2.43. The number of hydrogen-bond donors (Lipinski definition) is 3. The van der Waals surface area contributed by atoms with Crippen LogP contribution in [0.5, 0.6) is 5.75 Å². The van der Waals surface area contributed by atoms with Crippen molar-refractivity contribution in [2.45, 2.75) is 70.6 Å². The average molecular weight is 530 g/mol. The number of nitrogens with zero attached hydrogens (tertiary/aromatic N) is 2. The largest absolute Gasteiger partial charge is 0.493 e. The molecule has 0 spiro atoms. The number of benzene rings is 1. The van der Waals surface area contributed by atoms with Gasteiger partial charge in [0.15, 0.2) is 0 Å². The molecule has 8 nitrogen and oxygen atoms in total.